The van der Waals surface area contributed by atoms with Crippen molar-refractivity contribution in [3.63, 3.8) is 0 Å². The number of hydrogen-bond acceptors (Lipinski definition) is 3. The van der Waals surface area contributed by atoms with E-state index in [1.54, 1.807) is 23.1 Å². The normalized spacial score (nSPS) is 22.0. The van der Waals surface area contributed by atoms with Crippen molar-refractivity contribution >= 4 is 52.0 Å². The maximum absolute atomic E-state index is 12.4. The zero-order chi connectivity index (χ0) is 15.6. The van der Waals surface area contributed by atoms with Crippen LogP contribution in [0.1, 0.15) is 24.2 Å². The third kappa shape index (κ3) is 3.82. The molecule has 21 heavy (non-hydrogen) atoms. The van der Waals surface area contributed by atoms with Crippen molar-refractivity contribution in [3.8, 4) is 0 Å². The second-order valence-electron chi connectivity index (χ2n) is 4.94. The number of rotatable bonds is 2. The van der Waals surface area contributed by atoms with E-state index in [9.17, 15) is 14.7 Å². The van der Waals surface area contributed by atoms with Gasteiger partial charge in [0.2, 0.25) is 0 Å². The van der Waals surface area contributed by atoms with E-state index in [2.05, 4.69) is 12.2 Å². The molecule has 114 valence electrons. The number of hydrogen-bond donors (Lipinski definition) is 2. The maximum Gasteiger partial charge on any atom is 0.337 e. The zero-order valence-electron chi connectivity index (χ0n) is 11.8. The van der Waals surface area contributed by atoms with Gasteiger partial charge in [-0.15, -0.1) is 0 Å². The summed E-state index contributed by atoms with van der Waals surface area (Å²) in [4.78, 5) is 25.4. The lowest BCUT2D eigenvalue weighted by atomic mass is 10.2. The Labute approximate surface area is 141 Å². The Morgan fingerprint density at radius 3 is 2.81 bits per heavy atom. The lowest BCUT2D eigenvalue weighted by Crippen LogP contribution is -2.49. The van der Waals surface area contributed by atoms with Crippen LogP contribution in [0, 0.1) is 3.57 Å². The molecule has 1 aliphatic heterocycles. The molecule has 2 atom stereocenters. The molecule has 2 unspecified atom stereocenters. The van der Waals surface area contributed by atoms with E-state index < -0.39 is 5.97 Å². The van der Waals surface area contributed by atoms with Gasteiger partial charge in [-0.05, 0) is 47.7 Å². The number of amides is 2. The van der Waals surface area contributed by atoms with Crippen LogP contribution in [0.3, 0.4) is 0 Å². The van der Waals surface area contributed by atoms with Gasteiger partial charge >= 0.3 is 12.0 Å². The molecule has 1 aromatic carbocycles. The van der Waals surface area contributed by atoms with E-state index in [0.29, 0.717) is 17.5 Å². The first-order valence-electron chi connectivity index (χ1n) is 6.62. The van der Waals surface area contributed by atoms with Crippen LogP contribution in [-0.4, -0.2) is 45.6 Å². The number of aromatic carboxylic acids is 1. The molecule has 0 aliphatic carbocycles. The molecule has 0 spiro atoms. The van der Waals surface area contributed by atoms with Crippen LogP contribution in [0.15, 0.2) is 18.2 Å². The topological polar surface area (TPSA) is 69.6 Å². The number of urea groups is 1. The third-order valence-corrected chi connectivity index (χ3v) is 5.61. The van der Waals surface area contributed by atoms with E-state index in [4.69, 9.17) is 0 Å². The average molecular weight is 420 g/mol. The van der Waals surface area contributed by atoms with E-state index in [1.165, 1.54) is 0 Å². The first kappa shape index (κ1) is 16.4. The predicted molar refractivity (Wildman–Crippen MR) is 93.2 cm³/mol. The fraction of sp³-hybridized carbons (Fsp3) is 0.429. The Morgan fingerprint density at radius 2 is 2.14 bits per heavy atom. The molecular formula is C14H17IN2O3S. The lowest BCUT2D eigenvalue weighted by Gasteiger charge is -2.37. The van der Waals surface area contributed by atoms with Gasteiger partial charge in [0.25, 0.3) is 0 Å². The number of nitrogens with zero attached hydrogens (tertiary/aromatic N) is 1. The Kier molecular flexibility index (Phi) is 5.37. The van der Waals surface area contributed by atoms with Crippen molar-refractivity contribution < 1.29 is 14.7 Å². The van der Waals surface area contributed by atoms with Gasteiger partial charge in [-0.2, -0.15) is 11.8 Å². The number of carbonyl (C=O) groups excluding carboxylic acids is 1. The number of carboxylic acids is 1. The van der Waals surface area contributed by atoms with Gasteiger partial charge in [0.05, 0.1) is 11.3 Å². The summed E-state index contributed by atoms with van der Waals surface area (Å²) < 4.78 is 0.819. The smallest absolute Gasteiger partial charge is 0.337 e. The van der Waals surface area contributed by atoms with Crippen molar-refractivity contribution in [2.24, 2.45) is 0 Å². The number of carboxylic acid groups (broad SMARTS) is 1. The molecule has 2 rings (SSSR count). The van der Waals surface area contributed by atoms with Gasteiger partial charge in [-0.1, -0.05) is 6.92 Å². The highest BCUT2D eigenvalue weighted by Crippen LogP contribution is 2.26. The number of halogens is 1. The Balaban J connectivity index is 2.18. The number of benzene rings is 1. The number of thioether (sulfide) groups is 1. The minimum atomic E-state index is -1.04. The molecule has 1 aromatic rings. The van der Waals surface area contributed by atoms with E-state index >= 15 is 0 Å². The summed E-state index contributed by atoms with van der Waals surface area (Å²) in [6.45, 7) is 4.79. The summed E-state index contributed by atoms with van der Waals surface area (Å²) >= 11 is 3.90. The molecule has 0 saturated carbocycles. The fourth-order valence-electron chi connectivity index (χ4n) is 2.21. The molecule has 2 N–H and O–H groups in total. The summed E-state index contributed by atoms with van der Waals surface area (Å²) in [6, 6.07) is 4.85. The fourth-order valence-corrected chi connectivity index (χ4v) is 3.80. The van der Waals surface area contributed by atoms with Gasteiger partial charge in [-0.3, -0.25) is 0 Å². The lowest BCUT2D eigenvalue weighted by molar-refractivity contribution is 0.0698. The van der Waals surface area contributed by atoms with Crippen molar-refractivity contribution in [2.75, 3.05) is 17.6 Å². The Morgan fingerprint density at radius 1 is 1.43 bits per heavy atom. The Hall–Kier alpha value is -0.960. The molecule has 7 heteroatoms. The summed E-state index contributed by atoms with van der Waals surface area (Å²) in [5.41, 5.74) is 0.452. The van der Waals surface area contributed by atoms with Crippen LogP contribution in [0.2, 0.25) is 0 Å². The van der Waals surface area contributed by atoms with Gasteiger partial charge in [0.15, 0.2) is 0 Å². The van der Waals surface area contributed by atoms with Crippen LogP contribution in [0.4, 0.5) is 10.5 Å². The molecule has 1 heterocycles. The first-order valence-corrected chi connectivity index (χ1v) is 8.75. The number of carbonyl (C=O) groups is 2. The molecule has 5 nitrogen and oxygen atoms in total. The van der Waals surface area contributed by atoms with Gasteiger partial charge in [0.1, 0.15) is 0 Å². The second kappa shape index (κ2) is 6.87. The summed E-state index contributed by atoms with van der Waals surface area (Å²) in [7, 11) is 0. The Bertz CT molecular complexity index is 567. The zero-order valence-corrected chi connectivity index (χ0v) is 14.8. The monoisotopic (exact) mass is 420 g/mol. The average Bonchev–Trinajstić information content (AvgIpc) is 2.43. The largest absolute Gasteiger partial charge is 0.478 e. The van der Waals surface area contributed by atoms with Crippen LogP contribution in [-0.2, 0) is 0 Å². The van der Waals surface area contributed by atoms with Crippen molar-refractivity contribution in [1.82, 2.24) is 4.90 Å². The van der Waals surface area contributed by atoms with E-state index in [1.807, 2.05) is 41.3 Å². The minimum Gasteiger partial charge on any atom is -0.478 e. The van der Waals surface area contributed by atoms with Crippen molar-refractivity contribution in [2.45, 2.75) is 25.1 Å². The molecule has 0 radical (unpaired) electrons. The quantitative estimate of drug-likeness (QED) is 0.721. The number of anilines is 1. The highest BCUT2D eigenvalue weighted by Gasteiger charge is 2.29. The molecule has 0 aromatic heterocycles. The standard InChI is InChI=1S/C14H17IN2O3S/c1-8-9(2)21-6-5-17(8)14(20)16-12-4-3-10(15)7-11(12)13(18)19/h3-4,7-9H,5-6H2,1-2H3,(H,16,20)(H,18,19). The SMILES string of the molecule is CC1SCCN(C(=O)Nc2ccc(I)cc2C(=O)O)C1C. The van der Waals surface area contributed by atoms with E-state index in [0.717, 1.165) is 9.32 Å². The van der Waals surface area contributed by atoms with Gasteiger partial charge < -0.3 is 15.3 Å². The second-order valence-corrected chi connectivity index (χ2v) is 7.67. The first-order chi connectivity index (χ1) is 9.90. The highest BCUT2D eigenvalue weighted by molar-refractivity contribution is 14.1. The third-order valence-electron chi connectivity index (χ3n) is 3.60. The number of nitrogens with one attached hydrogen (secondary N) is 1. The summed E-state index contributed by atoms with van der Waals surface area (Å²) in [6.07, 6.45) is 0. The molecule has 2 amide bonds. The van der Waals surface area contributed by atoms with Crippen LogP contribution in [0.5, 0.6) is 0 Å². The molecule has 1 aliphatic rings. The van der Waals surface area contributed by atoms with E-state index in [-0.39, 0.29) is 17.6 Å². The molecule has 1 saturated heterocycles. The maximum atomic E-state index is 12.4. The van der Waals surface area contributed by atoms with Gasteiger partial charge in [0, 0.05) is 27.2 Å². The summed E-state index contributed by atoms with van der Waals surface area (Å²) in [5, 5.41) is 12.3. The van der Waals surface area contributed by atoms with Crippen molar-refractivity contribution in [3.05, 3.63) is 27.3 Å². The van der Waals surface area contributed by atoms with Crippen LogP contribution < -0.4 is 5.32 Å². The molecule has 1 fully saturated rings. The van der Waals surface area contributed by atoms with Gasteiger partial charge in [-0.25, -0.2) is 9.59 Å². The van der Waals surface area contributed by atoms with Crippen LogP contribution >= 0.6 is 34.4 Å². The van der Waals surface area contributed by atoms with Crippen molar-refractivity contribution in [1.29, 1.82) is 0 Å². The molecular weight excluding hydrogens is 403 g/mol. The highest BCUT2D eigenvalue weighted by atomic mass is 127. The van der Waals surface area contributed by atoms with Crippen LogP contribution in [0.25, 0.3) is 0 Å². The molecule has 0 bridgehead atoms. The minimum absolute atomic E-state index is 0.113. The predicted octanol–water partition coefficient (Wildman–Crippen LogP) is 3.35. The summed E-state index contributed by atoms with van der Waals surface area (Å²) in [5.74, 6) is -0.142.